The van der Waals surface area contributed by atoms with Gasteiger partial charge in [0, 0.05) is 24.5 Å². The quantitative estimate of drug-likeness (QED) is 0.912. The van der Waals surface area contributed by atoms with Crippen molar-refractivity contribution < 1.29 is 4.79 Å². The standard InChI is InChI=1S/C16H23N3O/c1-12-4-5-14(10-18-12)16(20)19(15-6-7-15)11-13-3-2-8-17-9-13/h4-5,10,13,15,17H,2-3,6-9,11H2,1H3. The SMILES string of the molecule is Cc1ccc(C(=O)N(CC2CCCNC2)C2CC2)cn1. The van der Waals surface area contributed by atoms with Crippen molar-refractivity contribution in [3.8, 4) is 0 Å². The number of nitrogens with zero attached hydrogens (tertiary/aromatic N) is 2. The van der Waals surface area contributed by atoms with Crippen LogP contribution in [0.15, 0.2) is 18.3 Å². The second kappa shape index (κ2) is 5.92. The second-order valence-electron chi connectivity index (χ2n) is 6.09. The Morgan fingerprint density at radius 1 is 1.40 bits per heavy atom. The van der Waals surface area contributed by atoms with Crippen molar-refractivity contribution in [2.45, 2.75) is 38.6 Å². The van der Waals surface area contributed by atoms with Crippen molar-refractivity contribution in [2.24, 2.45) is 5.92 Å². The van der Waals surface area contributed by atoms with Crippen molar-refractivity contribution in [1.82, 2.24) is 15.2 Å². The van der Waals surface area contributed by atoms with Gasteiger partial charge < -0.3 is 10.2 Å². The molecule has 1 N–H and O–H groups in total. The van der Waals surface area contributed by atoms with E-state index in [1.807, 2.05) is 19.1 Å². The van der Waals surface area contributed by atoms with Crippen LogP contribution in [0.2, 0.25) is 0 Å². The van der Waals surface area contributed by atoms with E-state index in [1.165, 1.54) is 12.8 Å². The first kappa shape index (κ1) is 13.6. The molecule has 4 heteroatoms. The number of carbonyl (C=O) groups is 1. The average Bonchev–Trinajstić information content (AvgIpc) is 3.30. The van der Waals surface area contributed by atoms with Crippen LogP contribution in [0.4, 0.5) is 0 Å². The minimum atomic E-state index is 0.158. The number of carbonyl (C=O) groups excluding carboxylic acids is 1. The zero-order chi connectivity index (χ0) is 13.9. The molecule has 2 fully saturated rings. The molecule has 1 aromatic rings. The van der Waals surface area contributed by atoms with Gasteiger partial charge in [0.15, 0.2) is 0 Å². The van der Waals surface area contributed by atoms with Crippen LogP contribution in [0.5, 0.6) is 0 Å². The van der Waals surface area contributed by atoms with Crippen molar-refractivity contribution in [2.75, 3.05) is 19.6 Å². The Morgan fingerprint density at radius 2 is 2.25 bits per heavy atom. The molecule has 108 valence electrons. The largest absolute Gasteiger partial charge is 0.335 e. The number of aryl methyl sites for hydroxylation is 1. The molecule has 2 aliphatic rings. The van der Waals surface area contributed by atoms with Gasteiger partial charge in [-0.2, -0.15) is 0 Å². The number of hydrogen-bond donors (Lipinski definition) is 1. The van der Waals surface area contributed by atoms with Crippen LogP contribution in [0.25, 0.3) is 0 Å². The minimum Gasteiger partial charge on any atom is -0.335 e. The number of amides is 1. The summed E-state index contributed by atoms with van der Waals surface area (Å²) in [5.74, 6) is 0.761. The topological polar surface area (TPSA) is 45.2 Å². The zero-order valence-corrected chi connectivity index (χ0v) is 12.1. The van der Waals surface area contributed by atoms with E-state index in [4.69, 9.17) is 0 Å². The fourth-order valence-corrected chi connectivity index (χ4v) is 2.90. The second-order valence-corrected chi connectivity index (χ2v) is 6.09. The molecule has 20 heavy (non-hydrogen) atoms. The van der Waals surface area contributed by atoms with Gasteiger partial charge in [0.2, 0.25) is 0 Å². The van der Waals surface area contributed by atoms with Crippen LogP contribution < -0.4 is 5.32 Å². The summed E-state index contributed by atoms with van der Waals surface area (Å²) in [6, 6.07) is 4.28. The summed E-state index contributed by atoms with van der Waals surface area (Å²) in [5, 5.41) is 3.44. The predicted octanol–water partition coefficient (Wildman–Crippen LogP) is 1.99. The van der Waals surface area contributed by atoms with E-state index < -0.39 is 0 Å². The number of hydrogen-bond acceptors (Lipinski definition) is 3. The molecule has 1 aliphatic heterocycles. The molecule has 1 unspecified atom stereocenters. The number of pyridine rings is 1. The highest BCUT2D eigenvalue weighted by Gasteiger charge is 2.34. The molecule has 1 atom stereocenters. The summed E-state index contributed by atoms with van der Waals surface area (Å²) in [6.45, 7) is 5.00. The lowest BCUT2D eigenvalue weighted by Gasteiger charge is -2.30. The Morgan fingerprint density at radius 3 is 2.85 bits per heavy atom. The molecule has 1 saturated carbocycles. The van der Waals surface area contributed by atoms with Gasteiger partial charge in [0.05, 0.1) is 5.56 Å². The summed E-state index contributed by atoms with van der Waals surface area (Å²) in [7, 11) is 0. The third-order valence-corrected chi connectivity index (χ3v) is 4.26. The maximum atomic E-state index is 12.7. The normalized spacial score (nSPS) is 22.6. The lowest BCUT2D eigenvalue weighted by molar-refractivity contribution is 0.0703. The highest BCUT2D eigenvalue weighted by Crippen LogP contribution is 2.30. The fraction of sp³-hybridized carbons (Fsp3) is 0.625. The van der Waals surface area contributed by atoms with Gasteiger partial charge in [-0.3, -0.25) is 9.78 Å². The predicted molar refractivity (Wildman–Crippen MR) is 78.6 cm³/mol. The maximum Gasteiger partial charge on any atom is 0.255 e. The molecular weight excluding hydrogens is 250 g/mol. The monoisotopic (exact) mass is 273 g/mol. The van der Waals surface area contributed by atoms with Gasteiger partial charge in [0.25, 0.3) is 5.91 Å². The summed E-state index contributed by atoms with van der Waals surface area (Å²) in [4.78, 5) is 19.0. The smallest absolute Gasteiger partial charge is 0.255 e. The lowest BCUT2D eigenvalue weighted by Crippen LogP contribution is -2.42. The molecule has 1 aliphatic carbocycles. The van der Waals surface area contributed by atoms with Crippen molar-refractivity contribution in [3.63, 3.8) is 0 Å². The molecule has 0 bridgehead atoms. The van der Waals surface area contributed by atoms with Crippen LogP contribution in [0, 0.1) is 12.8 Å². The minimum absolute atomic E-state index is 0.158. The molecule has 0 spiro atoms. The van der Waals surface area contributed by atoms with Crippen LogP contribution in [-0.4, -0.2) is 41.5 Å². The number of aromatic nitrogens is 1. The average molecular weight is 273 g/mol. The summed E-state index contributed by atoms with van der Waals surface area (Å²) in [5.41, 5.74) is 1.68. The molecule has 0 aromatic carbocycles. The van der Waals surface area contributed by atoms with Gasteiger partial charge in [0.1, 0.15) is 0 Å². The highest BCUT2D eigenvalue weighted by atomic mass is 16.2. The Labute approximate surface area is 120 Å². The first-order valence-electron chi connectivity index (χ1n) is 7.68. The van der Waals surface area contributed by atoms with Crippen molar-refractivity contribution >= 4 is 5.91 Å². The Hall–Kier alpha value is -1.42. The Balaban J connectivity index is 1.69. The molecule has 2 heterocycles. The third-order valence-electron chi connectivity index (χ3n) is 4.26. The molecule has 4 nitrogen and oxygen atoms in total. The molecule has 0 radical (unpaired) electrons. The molecule has 1 aromatic heterocycles. The number of piperidine rings is 1. The number of rotatable bonds is 4. The Kier molecular flexibility index (Phi) is 4.01. The molecule has 1 amide bonds. The van der Waals surface area contributed by atoms with E-state index in [1.54, 1.807) is 6.20 Å². The summed E-state index contributed by atoms with van der Waals surface area (Å²) >= 11 is 0. The summed E-state index contributed by atoms with van der Waals surface area (Å²) < 4.78 is 0. The van der Waals surface area contributed by atoms with E-state index in [0.29, 0.717) is 12.0 Å². The first-order chi connectivity index (χ1) is 9.74. The van der Waals surface area contributed by atoms with E-state index in [9.17, 15) is 4.79 Å². The molecular formula is C16H23N3O. The lowest BCUT2D eigenvalue weighted by atomic mass is 9.98. The van der Waals surface area contributed by atoms with E-state index >= 15 is 0 Å². The summed E-state index contributed by atoms with van der Waals surface area (Å²) in [6.07, 6.45) is 6.49. The van der Waals surface area contributed by atoms with Gasteiger partial charge in [-0.1, -0.05) is 0 Å². The van der Waals surface area contributed by atoms with E-state index in [2.05, 4.69) is 15.2 Å². The Bertz CT molecular complexity index is 461. The number of nitrogens with one attached hydrogen (secondary N) is 1. The first-order valence-corrected chi connectivity index (χ1v) is 7.68. The van der Waals surface area contributed by atoms with Gasteiger partial charge in [-0.25, -0.2) is 0 Å². The molecule has 1 saturated heterocycles. The third kappa shape index (κ3) is 3.18. The van der Waals surface area contributed by atoms with Gasteiger partial charge in [-0.05, 0) is 63.7 Å². The van der Waals surface area contributed by atoms with Crippen LogP contribution in [0.1, 0.15) is 41.7 Å². The van der Waals surface area contributed by atoms with Crippen LogP contribution in [-0.2, 0) is 0 Å². The van der Waals surface area contributed by atoms with E-state index in [-0.39, 0.29) is 5.91 Å². The van der Waals surface area contributed by atoms with Crippen LogP contribution in [0.3, 0.4) is 0 Å². The fourth-order valence-electron chi connectivity index (χ4n) is 2.90. The maximum absolute atomic E-state index is 12.7. The molecule has 3 rings (SSSR count). The van der Waals surface area contributed by atoms with Gasteiger partial charge in [-0.15, -0.1) is 0 Å². The van der Waals surface area contributed by atoms with Crippen molar-refractivity contribution in [3.05, 3.63) is 29.6 Å². The van der Waals surface area contributed by atoms with Crippen molar-refractivity contribution in [1.29, 1.82) is 0 Å². The van der Waals surface area contributed by atoms with Gasteiger partial charge >= 0.3 is 0 Å². The highest BCUT2D eigenvalue weighted by molar-refractivity contribution is 5.94. The van der Waals surface area contributed by atoms with E-state index in [0.717, 1.165) is 43.7 Å². The zero-order valence-electron chi connectivity index (χ0n) is 12.1. The van der Waals surface area contributed by atoms with Crippen LogP contribution >= 0.6 is 0 Å².